The van der Waals surface area contributed by atoms with E-state index in [4.69, 9.17) is 30.8 Å². The normalized spacial score (nSPS) is 17.6. The summed E-state index contributed by atoms with van der Waals surface area (Å²) in [4.78, 5) is 24.0. The predicted molar refractivity (Wildman–Crippen MR) is 123 cm³/mol. The van der Waals surface area contributed by atoms with E-state index in [2.05, 4.69) is 9.89 Å². The van der Waals surface area contributed by atoms with Crippen molar-refractivity contribution in [3.05, 3.63) is 70.4 Å². The maximum atomic E-state index is 12.6. The lowest BCUT2D eigenvalue weighted by Gasteiger charge is -2.29. The van der Waals surface area contributed by atoms with Crippen molar-refractivity contribution in [2.45, 2.75) is 0 Å². The van der Waals surface area contributed by atoms with Gasteiger partial charge in [-0.1, -0.05) is 23.7 Å². The van der Waals surface area contributed by atoms with Gasteiger partial charge in [0.1, 0.15) is 11.6 Å². The Morgan fingerprint density at radius 3 is 2.72 bits per heavy atom. The number of hydrogen-bond acceptors (Lipinski definition) is 7. The highest BCUT2D eigenvalue weighted by molar-refractivity contribution is 6.34. The monoisotopic (exact) mass is 449 g/mol. The third kappa shape index (κ3) is 3.92. The van der Waals surface area contributed by atoms with E-state index >= 15 is 0 Å². The van der Waals surface area contributed by atoms with E-state index < -0.39 is 5.97 Å². The largest absolute Gasteiger partial charge is 0.497 e. The van der Waals surface area contributed by atoms with Crippen molar-refractivity contribution in [1.29, 1.82) is 0 Å². The summed E-state index contributed by atoms with van der Waals surface area (Å²) >= 11 is 6.25. The maximum Gasteiger partial charge on any atom is 0.363 e. The number of hydrogen-bond donors (Lipinski definition) is 0. The predicted octanol–water partition coefficient (Wildman–Crippen LogP) is 4.08. The second-order valence-corrected chi connectivity index (χ2v) is 7.78. The Kier molecular flexibility index (Phi) is 5.51. The topological polar surface area (TPSA) is 73.2 Å². The Balaban J connectivity index is 1.61. The van der Waals surface area contributed by atoms with E-state index in [-0.39, 0.29) is 11.6 Å². The van der Waals surface area contributed by atoms with Crippen LogP contribution in [0.1, 0.15) is 11.1 Å². The summed E-state index contributed by atoms with van der Waals surface area (Å²) in [6.45, 7) is 2.64. The molecule has 0 N–H and O–H groups in total. The quantitative estimate of drug-likeness (QED) is 0.441. The molecule has 3 aromatic rings. The molecule has 1 fully saturated rings. The fourth-order valence-corrected chi connectivity index (χ4v) is 3.94. The Hall–Kier alpha value is -3.42. The second-order valence-electron chi connectivity index (χ2n) is 7.38. The molecule has 1 aromatic heterocycles. The first-order valence-corrected chi connectivity index (χ1v) is 10.6. The number of nitrogens with zero attached hydrogens (tertiary/aromatic N) is 3. The van der Waals surface area contributed by atoms with Crippen LogP contribution in [0.15, 0.2) is 59.2 Å². The van der Waals surface area contributed by atoms with Crippen LogP contribution in [0.25, 0.3) is 17.0 Å². The standard InChI is InChI=1S/C24H20ClN3O4/c1-30-17-7-6-15-12-16(22(26-20(15)14-17)28-8-10-31-11-9-28)13-21-24(29)32-23(27-21)18-4-2-3-5-19(18)25/h2-7,12-14H,8-11H2,1H3/b21-13+. The van der Waals surface area contributed by atoms with Crippen LogP contribution in [0.5, 0.6) is 5.75 Å². The number of cyclic esters (lactones) is 1. The average molecular weight is 450 g/mol. The maximum absolute atomic E-state index is 12.6. The van der Waals surface area contributed by atoms with Crippen molar-refractivity contribution < 1.29 is 19.0 Å². The van der Waals surface area contributed by atoms with Gasteiger partial charge in [0.05, 0.1) is 36.4 Å². The van der Waals surface area contributed by atoms with Gasteiger partial charge in [-0.15, -0.1) is 0 Å². The van der Waals surface area contributed by atoms with Gasteiger partial charge in [-0.3, -0.25) is 0 Å². The number of carbonyl (C=O) groups is 1. The molecule has 8 heteroatoms. The molecule has 0 spiro atoms. The molecule has 0 saturated carbocycles. The zero-order valence-corrected chi connectivity index (χ0v) is 18.1. The smallest absolute Gasteiger partial charge is 0.363 e. The Bertz CT molecular complexity index is 1270. The minimum Gasteiger partial charge on any atom is -0.497 e. The number of pyridine rings is 1. The summed E-state index contributed by atoms with van der Waals surface area (Å²) in [5.74, 6) is 1.16. The second kappa shape index (κ2) is 8.61. The van der Waals surface area contributed by atoms with Gasteiger partial charge in [0, 0.05) is 30.1 Å². The van der Waals surface area contributed by atoms with Gasteiger partial charge < -0.3 is 19.1 Å². The molecule has 0 atom stereocenters. The summed E-state index contributed by atoms with van der Waals surface area (Å²) in [6.07, 6.45) is 1.72. The first-order valence-electron chi connectivity index (χ1n) is 10.2. The minimum atomic E-state index is -0.525. The lowest BCUT2D eigenvalue weighted by Crippen LogP contribution is -2.37. The number of rotatable bonds is 4. The number of anilines is 1. The number of aromatic nitrogens is 1. The van der Waals surface area contributed by atoms with Gasteiger partial charge in [-0.25, -0.2) is 14.8 Å². The third-order valence-corrected chi connectivity index (χ3v) is 5.69. The molecule has 0 unspecified atom stereocenters. The number of esters is 1. The number of halogens is 1. The first kappa shape index (κ1) is 20.5. The molecular formula is C24H20ClN3O4. The third-order valence-electron chi connectivity index (χ3n) is 5.36. The fraction of sp³-hybridized carbons (Fsp3) is 0.208. The van der Waals surface area contributed by atoms with E-state index in [1.807, 2.05) is 36.4 Å². The Morgan fingerprint density at radius 2 is 1.94 bits per heavy atom. The van der Waals surface area contributed by atoms with Crippen molar-refractivity contribution in [2.24, 2.45) is 4.99 Å². The SMILES string of the molecule is COc1ccc2cc(/C=C3/N=C(c4ccccc4Cl)OC3=O)c(N3CCOCC3)nc2c1. The first-order chi connectivity index (χ1) is 15.6. The minimum absolute atomic E-state index is 0.193. The van der Waals surface area contributed by atoms with Crippen LogP contribution in [0.3, 0.4) is 0 Å². The van der Waals surface area contributed by atoms with Crippen LogP contribution in [0.2, 0.25) is 5.02 Å². The molecule has 0 radical (unpaired) electrons. The number of aliphatic imine (C=N–C) groups is 1. The summed E-state index contributed by atoms with van der Waals surface area (Å²) in [5, 5.41) is 1.40. The summed E-state index contributed by atoms with van der Waals surface area (Å²) in [7, 11) is 1.63. The molecule has 162 valence electrons. The van der Waals surface area contributed by atoms with Crippen molar-refractivity contribution in [1.82, 2.24) is 4.98 Å². The van der Waals surface area contributed by atoms with Crippen LogP contribution >= 0.6 is 11.6 Å². The number of fused-ring (bicyclic) bond motifs is 1. The van der Waals surface area contributed by atoms with Crippen molar-refractivity contribution in [3.63, 3.8) is 0 Å². The van der Waals surface area contributed by atoms with E-state index in [1.54, 1.807) is 25.3 Å². The number of methoxy groups -OCH3 is 1. The van der Waals surface area contributed by atoms with Crippen molar-refractivity contribution in [3.8, 4) is 5.75 Å². The van der Waals surface area contributed by atoms with E-state index in [0.717, 1.165) is 28.0 Å². The lowest BCUT2D eigenvalue weighted by atomic mass is 10.1. The molecule has 5 rings (SSSR count). The van der Waals surface area contributed by atoms with Crippen LogP contribution < -0.4 is 9.64 Å². The Morgan fingerprint density at radius 1 is 1.12 bits per heavy atom. The highest BCUT2D eigenvalue weighted by Gasteiger charge is 2.26. The van der Waals surface area contributed by atoms with Crippen molar-refractivity contribution >= 4 is 46.3 Å². The fourth-order valence-electron chi connectivity index (χ4n) is 3.72. The lowest BCUT2D eigenvalue weighted by molar-refractivity contribution is -0.129. The average Bonchev–Trinajstić information content (AvgIpc) is 3.19. The summed E-state index contributed by atoms with van der Waals surface area (Å²) < 4.78 is 16.2. The molecule has 0 bridgehead atoms. The Labute approximate surface area is 189 Å². The van der Waals surface area contributed by atoms with Crippen LogP contribution in [0, 0.1) is 0 Å². The van der Waals surface area contributed by atoms with Gasteiger partial charge in [-0.05, 0) is 36.4 Å². The van der Waals surface area contributed by atoms with Gasteiger partial charge in [-0.2, -0.15) is 0 Å². The zero-order chi connectivity index (χ0) is 22.1. The molecule has 0 amide bonds. The number of ether oxygens (including phenoxy) is 3. The number of carbonyl (C=O) groups excluding carboxylic acids is 1. The van der Waals surface area contributed by atoms with Crippen LogP contribution in [-0.4, -0.2) is 50.3 Å². The summed E-state index contributed by atoms with van der Waals surface area (Å²) in [5.41, 5.74) is 2.36. The number of morpholine rings is 1. The summed E-state index contributed by atoms with van der Waals surface area (Å²) in [6, 6.07) is 14.8. The molecule has 3 heterocycles. The molecule has 2 aliphatic rings. The molecular weight excluding hydrogens is 430 g/mol. The van der Waals surface area contributed by atoms with Gasteiger partial charge in [0.2, 0.25) is 5.90 Å². The molecule has 2 aromatic carbocycles. The highest BCUT2D eigenvalue weighted by Crippen LogP contribution is 2.30. The zero-order valence-electron chi connectivity index (χ0n) is 17.4. The van der Waals surface area contributed by atoms with Gasteiger partial charge >= 0.3 is 5.97 Å². The molecule has 32 heavy (non-hydrogen) atoms. The van der Waals surface area contributed by atoms with E-state index in [9.17, 15) is 4.79 Å². The van der Waals surface area contributed by atoms with Gasteiger partial charge in [0.15, 0.2) is 5.70 Å². The van der Waals surface area contributed by atoms with Crippen LogP contribution in [0.4, 0.5) is 5.82 Å². The van der Waals surface area contributed by atoms with E-state index in [0.29, 0.717) is 36.9 Å². The van der Waals surface area contributed by atoms with E-state index in [1.165, 1.54) is 0 Å². The molecule has 2 aliphatic heterocycles. The number of benzene rings is 2. The molecule has 1 saturated heterocycles. The van der Waals surface area contributed by atoms with Crippen molar-refractivity contribution in [2.75, 3.05) is 38.3 Å². The molecule has 0 aliphatic carbocycles. The molecule has 7 nitrogen and oxygen atoms in total. The van der Waals surface area contributed by atoms with Gasteiger partial charge in [0.25, 0.3) is 0 Å². The van der Waals surface area contributed by atoms with Crippen LogP contribution in [-0.2, 0) is 14.3 Å². The highest BCUT2D eigenvalue weighted by atomic mass is 35.5.